The first-order valence-corrected chi connectivity index (χ1v) is 14.7. The maximum atomic E-state index is 13.6. The van der Waals surface area contributed by atoms with Crippen molar-refractivity contribution < 1.29 is 38.5 Å². The second-order valence-electron chi connectivity index (χ2n) is 10.9. The van der Waals surface area contributed by atoms with E-state index in [1.807, 2.05) is 26.8 Å². The van der Waals surface area contributed by atoms with Crippen molar-refractivity contribution in [3.63, 3.8) is 0 Å². The number of hydrogen-bond acceptors (Lipinski definition) is 9. The highest BCUT2D eigenvalue weighted by Crippen LogP contribution is 2.31. The molecule has 0 aromatic carbocycles. The van der Waals surface area contributed by atoms with Gasteiger partial charge in [-0.2, -0.15) is 0 Å². The second-order valence-corrected chi connectivity index (χ2v) is 11.3. The van der Waals surface area contributed by atoms with Gasteiger partial charge in [-0.15, -0.1) is 11.6 Å². The molecule has 5 N–H and O–H groups in total. The Hall–Kier alpha value is -3.25. The van der Waals surface area contributed by atoms with Gasteiger partial charge in [0.2, 0.25) is 11.6 Å². The van der Waals surface area contributed by atoms with Crippen molar-refractivity contribution in [2.75, 3.05) is 33.3 Å². The Balaban J connectivity index is 2.65. The number of fused-ring (bicyclic) bond motifs is 2. The summed E-state index contributed by atoms with van der Waals surface area (Å²) in [5.74, 6) is -1.56. The number of carbonyl (C=O) groups is 4. The maximum absolute atomic E-state index is 13.6. The molecule has 0 spiro atoms. The zero-order valence-corrected chi connectivity index (χ0v) is 26.4. The van der Waals surface area contributed by atoms with Crippen LogP contribution in [-0.4, -0.2) is 80.2 Å². The van der Waals surface area contributed by atoms with Gasteiger partial charge in [-0.05, 0) is 43.1 Å². The minimum atomic E-state index is -1.04. The Morgan fingerprint density at radius 1 is 1.19 bits per heavy atom. The summed E-state index contributed by atoms with van der Waals surface area (Å²) in [7, 11) is 3.01. The van der Waals surface area contributed by atoms with Gasteiger partial charge in [0.25, 0.3) is 5.91 Å². The SMILES string of the molecule is CO[C@H]1/C=C\C=C(/C)C(=O)NC2=CC(=O)C(NCCCl)=C(C[C@@H](C)C[C@H](OC)[C@H](C)[C@@H](C)/C=C(\CO)[C@@H]1OC(N)=O)C2=O. The highest BCUT2D eigenvalue weighted by atomic mass is 35.5. The van der Waals surface area contributed by atoms with Crippen molar-refractivity contribution in [3.05, 3.63) is 58.5 Å². The number of aliphatic hydroxyl groups excluding tert-OH is 1. The Bertz CT molecular complexity index is 1210. The second kappa shape index (κ2) is 17.1. The molecule has 238 valence electrons. The van der Waals surface area contributed by atoms with Crippen LogP contribution in [0.4, 0.5) is 4.79 Å². The molecule has 6 atom stereocenters. The number of alkyl halides is 1. The number of Topliss-reactive ketones (excluding diaryl/α,β-unsaturated/α-hetero) is 1. The molecule has 0 saturated carbocycles. The first-order valence-electron chi connectivity index (χ1n) is 14.2. The number of hydrogen-bond donors (Lipinski definition) is 4. The Morgan fingerprint density at radius 2 is 1.88 bits per heavy atom. The lowest BCUT2D eigenvalue weighted by atomic mass is 9.81. The van der Waals surface area contributed by atoms with Gasteiger partial charge in [-0.25, -0.2) is 4.79 Å². The van der Waals surface area contributed by atoms with E-state index in [2.05, 4.69) is 10.6 Å². The lowest BCUT2D eigenvalue weighted by Gasteiger charge is -2.31. The van der Waals surface area contributed by atoms with Gasteiger partial charge in [-0.3, -0.25) is 14.4 Å². The van der Waals surface area contributed by atoms with Gasteiger partial charge in [0, 0.05) is 43.9 Å². The molecule has 1 heterocycles. The summed E-state index contributed by atoms with van der Waals surface area (Å²) >= 11 is 5.85. The number of halogens is 1. The fraction of sp³-hybridized carbons (Fsp3) is 0.548. The van der Waals surface area contributed by atoms with Crippen LogP contribution in [0.25, 0.3) is 0 Å². The van der Waals surface area contributed by atoms with Gasteiger partial charge in [0.15, 0.2) is 6.10 Å². The number of nitrogens with two attached hydrogens (primary N) is 1. The van der Waals surface area contributed by atoms with Crippen LogP contribution in [0, 0.1) is 17.8 Å². The molecule has 43 heavy (non-hydrogen) atoms. The predicted molar refractivity (Wildman–Crippen MR) is 163 cm³/mol. The monoisotopic (exact) mass is 621 g/mol. The van der Waals surface area contributed by atoms with E-state index in [-0.39, 0.29) is 65.2 Å². The predicted octanol–water partition coefficient (Wildman–Crippen LogP) is 2.84. The quantitative estimate of drug-likeness (QED) is 0.190. The molecule has 1 aliphatic carbocycles. The van der Waals surface area contributed by atoms with Crippen LogP contribution in [0.15, 0.2) is 58.5 Å². The van der Waals surface area contributed by atoms with E-state index in [0.29, 0.717) is 12.0 Å². The molecule has 0 fully saturated rings. The largest absolute Gasteiger partial charge is 0.439 e. The average molecular weight is 622 g/mol. The molecule has 0 unspecified atom stereocenters. The highest BCUT2D eigenvalue weighted by Gasteiger charge is 2.33. The van der Waals surface area contributed by atoms with Crippen LogP contribution in [0.5, 0.6) is 0 Å². The summed E-state index contributed by atoms with van der Waals surface area (Å²) < 4.78 is 16.8. The molecule has 2 bridgehead atoms. The van der Waals surface area contributed by atoms with Crippen molar-refractivity contribution in [2.24, 2.45) is 23.5 Å². The van der Waals surface area contributed by atoms with Gasteiger partial charge in [0.05, 0.1) is 24.1 Å². The summed E-state index contributed by atoms with van der Waals surface area (Å²) in [5, 5.41) is 15.8. The smallest absolute Gasteiger partial charge is 0.405 e. The molecule has 11 nitrogen and oxygen atoms in total. The van der Waals surface area contributed by atoms with E-state index >= 15 is 0 Å². The molecular formula is C31H44ClN3O8. The number of allylic oxidation sites excluding steroid dienone is 5. The summed E-state index contributed by atoms with van der Waals surface area (Å²) in [6.07, 6.45) is 5.08. The fourth-order valence-electron chi connectivity index (χ4n) is 5.15. The Labute approximate surface area is 258 Å². The highest BCUT2D eigenvalue weighted by molar-refractivity contribution is 6.23. The first-order chi connectivity index (χ1) is 20.4. The Kier molecular flexibility index (Phi) is 14.3. The van der Waals surface area contributed by atoms with E-state index in [1.165, 1.54) is 26.2 Å². The summed E-state index contributed by atoms with van der Waals surface area (Å²) in [6.45, 7) is 7.32. The minimum absolute atomic E-state index is 0.0753. The third-order valence-corrected chi connectivity index (χ3v) is 7.93. The van der Waals surface area contributed by atoms with Crippen LogP contribution in [0.3, 0.4) is 0 Å². The van der Waals surface area contributed by atoms with Gasteiger partial charge < -0.3 is 35.7 Å². The van der Waals surface area contributed by atoms with E-state index in [1.54, 1.807) is 13.2 Å². The van der Waals surface area contributed by atoms with E-state index in [9.17, 15) is 24.3 Å². The third-order valence-electron chi connectivity index (χ3n) is 7.74. The third kappa shape index (κ3) is 9.89. The van der Waals surface area contributed by atoms with Crippen LogP contribution < -0.4 is 16.4 Å². The number of carbonyl (C=O) groups excluding carboxylic acids is 4. The van der Waals surface area contributed by atoms with Crippen LogP contribution in [0.1, 0.15) is 40.5 Å². The van der Waals surface area contributed by atoms with E-state index < -0.39 is 42.4 Å². The zero-order valence-electron chi connectivity index (χ0n) is 25.6. The molecule has 0 aromatic heterocycles. The number of methoxy groups -OCH3 is 2. The van der Waals surface area contributed by atoms with Crippen LogP contribution >= 0.6 is 11.6 Å². The molecule has 2 aliphatic rings. The van der Waals surface area contributed by atoms with Crippen molar-refractivity contribution in [1.82, 2.24) is 10.6 Å². The number of amides is 2. The van der Waals surface area contributed by atoms with Crippen LogP contribution in [-0.2, 0) is 28.6 Å². The fourth-order valence-corrected chi connectivity index (χ4v) is 5.25. The summed E-state index contributed by atoms with van der Waals surface area (Å²) in [5.41, 5.74) is 6.30. The number of nitrogens with one attached hydrogen (secondary N) is 2. The number of aliphatic hydroxyl groups is 1. The van der Waals surface area contributed by atoms with Crippen molar-refractivity contribution in [3.8, 4) is 0 Å². The Morgan fingerprint density at radius 3 is 2.47 bits per heavy atom. The van der Waals surface area contributed by atoms with Crippen LogP contribution in [0.2, 0.25) is 0 Å². The molecule has 2 amide bonds. The summed E-state index contributed by atoms with van der Waals surface area (Å²) in [4.78, 5) is 51.5. The number of primary amides is 1. The van der Waals surface area contributed by atoms with Crippen molar-refractivity contribution in [1.29, 1.82) is 0 Å². The lowest BCUT2D eigenvalue weighted by molar-refractivity contribution is -0.120. The van der Waals surface area contributed by atoms with E-state index in [4.69, 9.17) is 31.5 Å². The minimum Gasteiger partial charge on any atom is -0.439 e. The molecule has 2 rings (SSSR count). The molecule has 12 heteroatoms. The summed E-state index contributed by atoms with van der Waals surface area (Å²) in [6, 6.07) is 0. The van der Waals surface area contributed by atoms with Gasteiger partial charge in [0.1, 0.15) is 6.10 Å². The normalized spacial score (nSPS) is 31.3. The average Bonchev–Trinajstić information content (AvgIpc) is 2.96. The van der Waals surface area contributed by atoms with Gasteiger partial charge in [-0.1, -0.05) is 45.1 Å². The first kappa shape index (κ1) is 35.9. The van der Waals surface area contributed by atoms with Crippen molar-refractivity contribution >= 4 is 35.2 Å². The maximum Gasteiger partial charge on any atom is 0.405 e. The van der Waals surface area contributed by atoms with Gasteiger partial charge >= 0.3 is 6.09 Å². The molecule has 0 radical (unpaired) electrons. The molecule has 0 aromatic rings. The zero-order chi connectivity index (χ0) is 32.3. The molecular weight excluding hydrogens is 578 g/mol. The van der Waals surface area contributed by atoms with E-state index in [0.717, 1.165) is 6.08 Å². The number of ketones is 2. The number of ether oxygens (including phenoxy) is 3. The number of rotatable bonds is 7. The molecule has 1 aliphatic heterocycles. The van der Waals surface area contributed by atoms with Crippen molar-refractivity contribution in [2.45, 2.75) is 58.8 Å². The topological polar surface area (TPSA) is 166 Å². The molecule has 0 saturated heterocycles. The standard InChI is InChI=1S/C31H44ClN3O8/c1-17-12-22-27(34-11-10-32)24(37)15-23(28(22)38)35-30(39)18(2)8-7-9-25(41-5)29(43-31(33)40)21(16-36)14-19(3)20(4)26(13-17)42-6/h7-9,14-15,17,19-20,25-26,29,34,36H,10-13,16H2,1-6H3,(H2,33,40)(H,35,39)/b9-7-,18-8+,21-14+/t17-,19+,20-,25+,26+,29+/m1/s1. The lowest BCUT2D eigenvalue weighted by Crippen LogP contribution is -2.37.